The first-order chi connectivity index (χ1) is 21.3. The molecule has 0 aliphatic carbocycles. The zero-order valence-electron chi connectivity index (χ0n) is 27.5. The molecule has 0 spiro atoms. The number of esters is 1. The van der Waals surface area contributed by atoms with Gasteiger partial charge in [-0.25, -0.2) is 4.79 Å². The van der Waals surface area contributed by atoms with Crippen molar-refractivity contribution >= 4 is 12.1 Å². The number of carbonyl (C=O) groups excluding carboxylic acids is 2. The molecule has 0 aromatic carbocycles. The minimum Gasteiger partial charge on any atom is -0.457 e. The molecule has 45 heavy (non-hydrogen) atoms. The zero-order chi connectivity index (χ0) is 33.1. The van der Waals surface area contributed by atoms with Gasteiger partial charge in [0.05, 0.1) is 30.8 Å². The van der Waals surface area contributed by atoms with Gasteiger partial charge < -0.3 is 34.8 Å². The standard InChI is InChI=1S/C35H52N2O8/c1-7-28(39)25(5)33-29(43-33)19-22(2)9-8-10-23(3)32-24(4)11-12-30(35(6,42)16-13-27(38)20-31(40)45-32)44-34(41)37-21-26-14-17-36-18-15-26/h8-12,14-15,17-18,22,24-25,27-30,32-33,38-39,42H,7,13,16,19-21H2,1-6H3,(H,37,41). The van der Waals surface area contributed by atoms with Crippen LogP contribution in [-0.2, 0) is 25.5 Å². The van der Waals surface area contributed by atoms with Crippen LogP contribution in [0.4, 0.5) is 4.79 Å². The van der Waals surface area contributed by atoms with Gasteiger partial charge in [0.15, 0.2) is 6.10 Å². The molecular weight excluding hydrogens is 576 g/mol. The summed E-state index contributed by atoms with van der Waals surface area (Å²) in [5.41, 5.74) is 0.154. The van der Waals surface area contributed by atoms with Gasteiger partial charge in [-0.3, -0.25) is 9.78 Å². The van der Waals surface area contributed by atoms with Gasteiger partial charge in [-0.2, -0.15) is 0 Å². The lowest BCUT2D eigenvalue weighted by Crippen LogP contribution is -2.44. The van der Waals surface area contributed by atoms with Crippen LogP contribution in [-0.4, -0.2) is 74.6 Å². The molecule has 3 rings (SSSR count). The number of aliphatic hydroxyl groups excluding tert-OH is 2. The molecule has 0 radical (unpaired) electrons. The summed E-state index contributed by atoms with van der Waals surface area (Å²) >= 11 is 0. The molecule has 2 aliphatic rings. The monoisotopic (exact) mass is 628 g/mol. The predicted octanol–water partition coefficient (Wildman–Crippen LogP) is 4.78. The highest BCUT2D eigenvalue weighted by molar-refractivity contribution is 5.70. The normalized spacial score (nSPS) is 31.7. The smallest absolute Gasteiger partial charge is 0.408 e. The number of aliphatic hydroxyl groups is 3. The van der Waals surface area contributed by atoms with Gasteiger partial charge in [0.25, 0.3) is 0 Å². The van der Waals surface area contributed by atoms with Crippen LogP contribution in [0.2, 0.25) is 0 Å². The quantitative estimate of drug-likeness (QED) is 0.117. The van der Waals surface area contributed by atoms with Gasteiger partial charge in [0, 0.05) is 30.8 Å². The van der Waals surface area contributed by atoms with Crippen LogP contribution in [0.1, 0.15) is 79.2 Å². The Hall–Kier alpha value is -3.05. The summed E-state index contributed by atoms with van der Waals surface area (Å²) in [6, 6.07) is 3.56. The van der Waals surface area contributed by atoms with Crippen LogP contribution in [0.15, 0.2) is 60.5 Å². The van der Waals surface area contributed by atoms with Gasteiger partial charge in [-0.1, -0.05) is 52.0 Å². The van der Waals surface area contributed by atoms with E-state index in [0.29, 0.717) is 6.42 Å². The summed E-state index contributed by atoms with van der Waals surface area (Å²) in [6.45, 7) is 11.7. The molecule has 10 unspecified atom stereocenters. The predicted molar refractivity (Wildman–Crippen MR) is 171 cm³/mol. The number of allylic oxidation sites excluding steroid dienone is 3. The maximum Gasteiger partial charge on any atom is 0.408 e. The number of alkyl carbamates (subject to hydrolysis) is 1. The van der Waals surface area contributed by atoms with E-state index in [9.17, 15) is 24.9 Å². The number of hydrogen-bond donors (Lipinski definition) is 4. The number of hydrogen-bond acceptors (Lipinski definition) is 9. The second-order valence-corrected chi connectivity index (χ2v) is 12.9. The lowest BCUT2D eigenvalue weighted by Gasteiger charge is -2.32. The summed E-state index contributed by atoms with van der Waals surface area (Å²) in [7, 11) is 0. The lowest BCUT2D eigenvalue weighted by atomic mass is 9.88. The average Bonchev–Trinajstić information content (AvgIpc) is 3.77. The molecule has 2 aliphatic heterocycles. The van der Waals surface area contributed by atoms with Crippen LogP contribution >= 0.6 is 0 Å². The fourth-order valence-electron chi connectivity index (χ4n) is 5.62. The third-order valence-electron chi connectivity index (χ3n) is 8.76. The molecule has 10 atom stereocenters. The van der Waals surface area contributed by atoms with Crippen molar-refractivity contribution in [3.8, 4) is 0 Å². The Balaban J connectivity index is 1.69. The summed E-state index contributed by atoms with van der Waals surface area (Å²) in [5.74, 6) is -0.508. The lowest BCUT2D eigenvalue weighted by molar-refractivity contribution is -0.151. The fraction of sp³-hybridized carbons (Fsp3) is 0.629. The first-order valence-corrected chi connectivity index (χ1v) is 16.1. The zero-order valence-corrected chi connectivity index (χ0v) is 27.5. The number of nitrogens with zero attached hydrogens (tertiary/aromatic N) is 1. The number of amides is 1. The van der Waals surface area contributed by atoms with Gasteiger partial charge in [-0.05, 0) is 74.8 Å². The van der Waals surface area contributed by atoms with Crippen molar-refractivity contribution in [2.75, 3.05) is 0 Å². The molecular formula is C35H52N2O8. The number of carbonyl (C=O) groups is 2. The molecule has 1 aromatic heterocycles. The van der Waals surface area contributed by atoms with Crippen LogP contribution in [0.5, 0.6) is 0 Å². The fourth-order valence-corrected chi connectivity index (χ4v) is 5.62. The number of rotatable bonds is 11. The number of pyridine rings is 1. The Bertz CT molecular complexity index is 1180. The summed E-state index contributed by atoms with van der Waals surface area (Å²) in [6.07, 6.45) is 10.7. The second-order valence-electron chi connectivity index (χ2n) is 12.9. The first kappa shape index (κ1) is 36.4. The van der Waals surface area contributed by atoms with E-state index in [1.165, 1.54) is 0 Å². The molecule has 0 bridgehead atoms. The topological polar surface area (TPSA) is 151 Å². The van der Waals surface area contributed by atoms with Gasteiger partial charge in [0.1, 0.15) is 11.7 Å². The Kier molecular flexibility index (Phi) is 13.8. The van der Waals surface area contributed by atoms with Gasteiger partial charge >= 0.3 is 12.1 Å². The number of epoxide rings is 1. The van der Waals surface area contributed by atoms with E-state index < -0.39 is 36.0 Å². The van der Waals surface area contributed by atoms with E-state index in [-0.39, 0.29) is 61.9 Å². The molecule has 250 valence electrons. The SMILES string of the molecule is CCC(O)C(C)C1OC1CC(C)C=CC=C(C)C1OC(=O)CC(O)CCC(C)(O)C(OC(=O)NCc2ccncc2)C=CC1C. The average molecular weight is 629 g/mol. The van der Waals surface area contributed by atoms with Crippen molar-refractivity contribution in [3.63, 3.8) is 0 Å². The Morgan fingerprint density at radius 1 is 1.27 bits per heavy atom. The number of nitrogens with one attached hydrogen (secondary N) is 1. The van der Waals surface area contributed by atoms with Crippen molar-refractivity contribution in [1.29, 1.82) is 0 Å². The van der Waals surface area contributed by atoms with Crippen LogP contribution in [0.25, 0.3) is 0 Å². The van der Waals surface area contributed by atoms with Crippen molar-refractivity contribution < 1.29 is 39.1 Å². The molecule has 4 N–H and O–H groups in total. The van der Waals surface area contributed by atoms with E-state index >= 15 is 0 Å². The number of cyclic esters (lactones) is 1. The highest BCUT2D eigenvalue weighted by Crippen LogP contribution is 2.36. The largest absolute Gasteiger partial charge is 0.457 e. The number of aromatic nitrogens is 1. The van der Waals surface area contributed by atoms with E-state index in [4.69, 9.17) is 14.2 Å². The molecule has 0 saturated carbocycles. The maximum atomic E-state index is 12.8. The highest BCUT2D eigenvalue weighted by atomic mass is 16.6. The van der Waals surface area contributed by atoms with E-state index in [2.05, 4.69) is 23.3 Å². The van der Waals surface area contributed by atoms with Crippen molar-refractivity contribution in [2.24, 2.45) is 17.8 Å². The van der Waals surface area contributed by atoms with Crippen molar-refractivity contribution in [3.05, 3.63) is 66.0 Å². The van der Waals surface area contributed by atoms with Crippen LogP contribution in [0.3, 0.4) is 0 Å². The highest BCUT2D eigenvalue weighted by Gasteiger charge is 2.45. The molecule has 10 nitrogen and oxygen atoms in total. The summed E-state index contributed by atoms with van der Waals surface area (Å²) in [5, 5.41) is 34.6. The minimum atomic E-state index is -1.50. The second kappa shape index (κ2) is 17.0. The third-order valence-corrected chi connectivity index (χ3v) is 8.76. The molecule has 10 heteroatoms. The third kappa shape index (κ3) is 11.7. The van der Waals surface area contributed by atoms with E-state index in [0.717, 1.165) is 17.6 Å². The minimum absolute atomic E-state index is 0.0905. The molecule has 1 fully saturated rings. The Labute approximate surface area is 267 Å². The maximum absolute atomic E-state index is 12.8. The van der Waals surface area contributed by atoms with Gasteiger partial charge in [0.2, 0.25) is 0 Å². The van der Waals surface area contributed by atoms with Gasteiger partial charge in [-0.15, -0.1) is 0 Å². The number of ether oxygens (including phenoxy) is 3. The first-order valence-electron chi connectivity index (χ1n) is 16.1. The molecule has 1 aromatic rings. The molecule has 3 heterocycles. The summed E-state index contributed by atoms with van der Waals surface area (Å²) < 4.78 is 17.3. The van der Waals surface area contributed by atoms with Crippen LogP contribution in [0, 0.1) is 17.8 Å². The van der Waals surface area contributed by atoms with Crippen molar-refractivity contribution in [1.82, 2.24) is 10.3 Å². The van der Waals surface area contributed by atoms with Crippen molar-refractivity contribution in [2.45, 2.75) is 122 Å². The summed E-state index contributed by atoms with van der Waals surface area (Å²) in [4.78, 5) is 29.4. The van der Waals surface area contributed by atoms with E-state index in [1.807, 2.05) is 39.8 Å². The Morgan fingerprint density at radius 2 is 1.98 bits per heavy atom. The van der Waals surface area contributed by atoms with E-state index in [1.54, 1.807) is 43.6 Å². The molecule has 1 amide bonds. The van der Waals surface area contributed by atoms with Crippen LogP contribution < -0.4 is 5.32 Å². The Morgan fingerprint density at radius 3 is 2.67 bits per heavy atom. The molecule has 1 saturated heterocycles.